The van der Waals surface area contributed by atoms with Crippen LogP contribution < -0.4 is 10.0 Å². The third-order valence-corrected chi connectivity index (χ3v) is 6.23. The highest BCUT2D eigenvalue weighted by molar-refractivity contribution is 7.89. The van der Waals surface area contributed by atoms with Crippen LogP contribution in [0.15, 0.2) is 24.3 Å². The molecule has 0 radical (unpaired) electrons. The largest absolute Gasteiger partial charge is 0.308 e. The van der Waals surface area contributed by atoms with Crippen LogP contribution in [0.1, 0.15) is 23.4 Å². The number of hydrogen-bond acceptors (Lipinski definition) is 4. The van der Waals surface area contributed by atoms with Crippen molar-refractivity contribution in [1.82, 2.24) is 10.0 Å². The molecule has 20 heavy (non-hydrogen) atoms. The summed E-state index contributed by atoms with van der Waals surface area (Å²) in [5, 5.41) is 4.56. The van der Waals surface area contributed by atoms with Crippen molar-refractivity contribution in [3.8, 4) is 0 Å². The van der Waals surface area contributed by atoms with E-state index in [9.17, 15) is 8.42 Å². The Morgan fingerprint density at radius 1 is 1.30 bits per heavy atom. The van der Waals surface area contributed by atoms with E-state index in [-0.39, 0.29) is 11.8 Å². The van der Waals surface area contributed by atoms with Crippen molar-refractivity contribution in [2.45, 2.75) is 19.9 Å². The van der Waals surface area contributed by atoms with Gasteiger partial charge in [0.1, 0.15) is 0 Å². The number of fused-ring (bicyclic) bond motifs is 1. The number of rotatable bonds is 6. The lowest BCUT2D eigenvalue weighted by Gasteiger charge is -2.13. The summed E-state index contributed by atoms with van der Waals surface area (Å²) in [4.78, 5) is 1.27. The summed E-state index contributed by atoms with van der Waals surface area (Å²) in [6.07, 6.45) is 0. The lowest BCUT2D eigenvalue weighted by Crippen LogP contribution is -2.30. The lowest BCUT2D eigenvalue weighted by molar-refractivity contribution is 0.569. The Kier molecular flexibility index (Phi) is 4.80. The van der Waals surface area contributed by atoms with Crippen molar-refractivity contribution in [3.05, 3.63) is 34.7 Å². The molecule has 0 aliphatic heterocycles. The number of thiophene rings is 1. The fourth-order valence-electron chi connectivity index (χ4n) is 2.21. The van der Waals surface area contributed by atoms with Gasteiger partial charge in [-0.2, -0.15) is 0 Å². The summed E-state index contributed by atoms with van der Waals surface area (Å²) in [6, 6.07) is 8.49. The molecular formula is C14H20N2O2S2. The number of nitrogens with one attached hydrogen (secondary N) is 2. The van der Waals surface area contributed by atoms with Gasteiger partial charge in [0.05, 0.1) is 5.75 Å². The Labute approximate surface area is 124 Å². The second-order valence-electron chi connectivity index (χ2n) is 4.79. The standard InChI is InChI=1S/C14H20N2O2S2/c1-10-12-6-4-5-7-13(12)19-14(10)11(2)16-8-9-20(17,18)15-3/h4-7,11,15-16H,8-9H2,1-3H3. The van der Waals surface area contributed by atoms with Crippen molar-refractivity contribution >= 4 is 31.4 Å². The minimum atomic E-state index is -3.14. The fraction of sp³-hybridized carbons (Fsp3) is 0.429. The normalized spacial score (nSPS) is 13.8. The fourth-order valence-corrected chi connectivity index (χ4v) is 4.04. The number of hydrogen-bond donors (Lipinski definition) is 2. The first-order chi connectivity index (χ1) is 9.44. The summed E-state index contributed by atoms with van der Waals surface area (Å²) >= 11 is 1.77. The van der Waals surface area contributed by atoms with Gasteiger partial charge < -0.3 is 5.32 Å². The van der Waals surface area contributed by atoms with E-state index < -0.39 is 10.0 Å². The number of aryl methyl sites for hydroxylation is 1. The minimum absolute atomic E-state index is 0.0950. The molecule has 1 heterocycles. The van der Waals surface area contributed by atoms with Gasteiger partial charge >= 0.3 is 0 Å². The molecule has 1 aromatic heterocycles. The monoisotopic (exact) mass is 312 g/mol. The number of sulfonamides is 1. The first-order valence-corrected chi connectivity index (χ1v) is 9.04. The third kappa shape index (κ3) is 3.38. The van der Waals surface area contributed by atoms with Gasteiger partial charge in [0.15, 0.2) is 0 Å². The molecule has 6 heteroatoms. The maximum atomic E-state index is 11.4. The second-order valence-corrected chi connectivity index (χ2v) is 7.92. The van der Waals surface area contributed by atoms with Crippen LogP contribution in [0.4, 0.5) is 0 Å². The first kappa shape index (κ1) is 15.4. The Morgan fingerprint density at radius 2 is 2.00 bits per heavy atom. The molecule has 2 N–H and O–H groups in total. The Hall–Kier alpha value is -0.950. The molecule has 0 bridgehead atoms. The molecule has 1 unspecified atom stereocenters. The first-order valence-electron chi connectivity index (χ1n) is 6.57. The van der Waals surface area contributed by atoms with Crippen LogP contribution in [0.3, 0.4) is 0 Å². The Morgan fingerprint density at radius 3 is 2.65 bits per heavy atom. The molecule has 0 aliphatic rings. The SMILES string of the molecule is CNS(=O)(=O)CCNC(C)c1sc2ccccc2c1C. The molecule has 2 rings (SSSR count). The maximum Gasteiger partial charge on any atom is 0.212 e. The van der Waals surface area contributed by atoms with Gasteiger partial charge in [-0.15, -0.1) is 11.3 Å². The average Bonchev–Trinajstić information content (AvgIpc) is 2.76. The molecule has 0 spiro atoms. The zero-order valence-electron chi connectivity index (χ0n) is 11.9. The highest BCUT2D eigenvalue weighted by Gasteiger charge is 2.15. The molecule has 0 saturated carbocycles. The van der Waals surface area contributed by atoms with Crippen LogP contribution >= 0.6 is 11.3 Å². The van der Waals surface area contributed by atoms with E-state index in [0.717, 1.165) is 0 Å². The lowest BCUT2D eigenvalue weighted by atomic mass is 10.1. The highest BCUT2D eigenvalue weighted by atomic mass is 32.2. The highest BCUT2D eigenvalue weighted by Crippen LogP contribution is 2.34. The van der Waals surface area contributed by atoms with E-state index in [1.807, 2.05) is 12.1 Å². The summed E-state index contributed by atoms with van der Waals surface area (Å²) < 4.78 is 26.4. The van der Waals surface area contributed by atoms with E-state index in [0.29, 0.717) is 6.54 Å². The second kappa shape index (κ2) is 6.22. The summed E-state index contributed by atoms with van der Waals surface area (Å²) in [6.45, 7) is 4.64. The smallest absolute Gasteiger partial charge is 0.212 e. The molecule has 110 valence electrons. The van der Waals surface area contributed by atoms with Crippen LogP contribution in [-0.4, -0.2) is 27.8 Å². The van der Waals surface area contributed by atoms with Gasteiger partial charge in [-0.1, -0.05) is 18.2 Å². The molecule has 2 aromatic rings. The van der Waals surface area contributed by atoms with Crippen molar-refractivity contribution in [2.24, 2.45) is 0 Å². The molecule has 0 saturated heterocycles. The van der Waals surface area contributed by atoms with Gasteiger partial charge in [-0.3, -0.25) is 0 Å². The quantitative estimate of drug-likeness (QED) is 0.861. The molecular weight excluding hydrogens is 292 g/mol. The van der Waals surface area contributed by atoms with E-state index in [4.69, 9.17) is 0 Å². The topological polar surface area (TPSA) is 58.2 Å². The van der Waals surface area contributed by atoms with Crippen molar-refractivity contribution in [3.63, 3.8) is 0 Å². The average molecular weight is 312 g/mol. The van der Waals surface area contributed by atoms with E-state index in [1.54, 1.807) is 11.3 Å². The van der Waals surface area contributed by atoms with E-state index in [2.05, 4.69) is 36.0 Å². The van der Waals surface area contributed by atoms with Gasteiger partial charge in [0.25, 0.3) is 0 Å². The van der Waals surface area contributed by atoms with Crippen LogP contribution in [-0.2, 0) is 10.0 Å². The molecule has 0 amide bonds. The van der Waals surface area contributed by atoms with Crippen LogP contribution in [0.2, 0.25) is 0 Å². The Balaban J connectivity index is 2.08. The van der Waals surface area contributed by atoms with E-state index in [1.165, 1.54) is 27.6 Å². The van der Waals surface area contributed by atoms with Crippen molar-refractivity contribution in [2.75, 3.05) is 19.3 Å². The van der Waals surface area contributed by atoms with Crippen molar-refractivity contribution in [1.29, 1.82) is 0 Å². The zero-order chi connectivity index (χ0) is 14.8. The maximum absolute atomic E-state index is 11.4. The van der Waals surface area contributed by atoms with Crippen molar-refractivity contribution < 1.29 is 8.42 Å². The van der Waals surface area contributed by atoms with Crippen LogP contribution in [0, 0.1) is 6.92 Å². The van der Waals surface area contributed by atoms with Gasteiger partial charge in [-0.25, -0.2) is 13.1 Å². The predicted octanol–water partition coefficient (Wildman–Crippen LogP) is 2.41. The third-order valence-electron chi connectivity index (χ3n) is 3.41. The van der Waals surface area contributed by atoms with E-state index >= 15 is 0 Å². The zero-order valence-corrected chi connectivity index (χ0v) is 13.6. The summed E-state index contributed by atoms with van der Waals surface area (Å²) in [5.41, 5.74) is 1.28. The van der Waals surface area contributed by atoms with Gasteiger partial charge in [0.2, 0.25) is 10.0 Å². The molecule has 0 aliphatic carbocycles. The van der Waals surface area contributed by atoms with Crippen LogP contribution in [0.5, 0.6) is 0 Å². The summed E-state index contributed by atoms with van der Waals surface area (Å²) in [5.74, 6) is 0.0950. The van der Waals surface area contributed by atoms with Gasteiger partial charge in [-0.05, 0) is 37.9 Å². The molecule has 0 fully saturated rings. The summed E-state index contributed by atoms with van der Waals surface area (Å²) in [7, 11) is -1.70. The minimum Gasteiger partial charge on any atom is -0.308 e. The van der Waals surface area contributed by atoms with Crippen LogP contribution in [0.25, 0.3) is 10.1 Å². The molecule has 1 atom stereocenters. The van der Waals surface area contributed by atoms with Gasteiger partial charge in [0, 0.05) is 22.2 Å². The molecule has 1 aromatic carbocycles. The Bertz CT molecular complexity index is 692. The predicted molar refractivity (Wildman–Crippen MR) is 85.8 cm³/mol. The number of benzene rings is 1. The molecule has 4 nitrogen and oxygen atoms in total.